The second-order valence-electron chi connectivity index (χ2n) is 21.5. The Balaban J connectivity index is 0.000000148. The van der Waals surface area contributed by atoms with Crippen LogP contribution in [0, 0.1) is 33.8 Å². The van der Waals surface area contributed by atoms with Crippen molar-refractivity contribution in [2.24, 2.45) is 23.7 Å². The Labute approximate surface area is 449 Å². The van der Waals surface area contributed by atoms with Gasteiger partial charge in [-0.25, -0.2) is 29.1 Å². The fourth-order valence-electron chi connectivity index (χ4n) is 9.89. The molecule has 3 aromatic carbocycles. The third-order valence-corrected chi connectivity index (χ3v) is 13.3. The summed E-state index contributed by atoms with van der Waals surface area (Å²) in [4.78, 5) is 69.1. The van der Waals surface area contributed by atoms with E-state index in [4.69, 9.17) is 32.5 Å². The number of benzene rings is 3. The maximum atomic E-state index is 13.0. The number of nitro benzene ring substituents is 1. The van der Waals surface area contributed by atoms with Crippen LogP contribution < -0.4 is 19.5 Å². The standard InChI is InChI=1S/C25H28N4O5.C16H18N2O2.C15H15N3O6/c1-25(2,3)34-23(30)21-7-9-29(27-21)24(31)28-14-17-12-20(13-18(17)15-28)33-19-6-4-5-16(11-19)22-26-8-10-32-22;1-2-11(16-18-4-5-19-16)6-14(3-1)20-15-7-12-9-17-10-13(12)8-15;1-15(2,3)24-13(19)12-8-9-17(16-12)14(20)23-11-6-4-10(5-7-11)18(21)22/h4-11,17-18,20H,12-15H2,1-3H3;1-6,12-13,15,17H,7-10H2;4-9H,1-3H3/t17-,18+,20?;12-,13+,15?;. The minimum atomic E-state index is -0.862. The molecule has 4 aliphatic rings. The zero-order valence-electron chi connectivity index (χ0n) is 44.1. The second kappa shape index (κ2) is 23.3. The molecule has 6 atom stereocenters. The molecule has 0 bridgehead atoms. The van der Waals surface area contributed by atoms with E-state index in [-0.39, 0.29) is 35.0 Å². The van der Waals surface area contributed by atoms with Crippen molar-refractivity contribution >= 4 is 29.8 Å². The van der Waals surface area contributed by atoms with Crippen molar-refractivity contribution < 1.29 is 56.6 Å². The zero-order valence-corrected chi connectivity index (χ0v) is 44.1. The van der Waals surface area contributed by atoms with Gasteiger partial charge >= 0.3 is 24.1 Å². The van der Waals surface area contributed by atoms with Gasteiger partial charge in [0.25, 0.3) is 5.69 Å². The molecule has 408 valence electrons. The van der Waals surface area contributed by atoms with Gasteiger partial charge in [0.05, 0.1) is 29.5 Å². The van der Waals surface area contributed by atoms with Gasteiger partial charge < -0.3 is 42.7 Å². The highest BCUT2D eigenvalue weighted by Crippen LogP contribution is 2.41. The highest BCUT2D eigenvalue weighted by atomic mass is 16.6. The van der Waals surface area contributed by atoms with E-state index in [9.17, 15) is 29.3 Å². The number of aromatic nitrogens is 6. The molecule has 11 rings (SSSR count). The first-order valence-corrected chi connectivity index (χ1v) is 25.7. The Morgan fingerprint density at radius 3 is 1.56 bits per heavy atom. The zero-order chi connectivity index (χ0) is 55.1. The summed E-state index contributed by atoms with van der Waals surface area (Å²) in [5.41, 5.74) is 0.511. The molecular formula is C56H61N9O13. The number of nitrogens with zero attached hydrogens (tertiary/aromatic N) is 8. The Morgan fingerprint density at radius 1 is 0.628 bits per heavy atom. The number of fused-ring (bicyclic) bond motifs is 2. The van der Waals surface area contributed by atoms with Crippen LogP contribution >= 0.6 is 0 Å². The number of carbonyl (C=O) groups excluding carboxylic acids is 4. The van der Waals surface area contributed by atoms with E-state index in [1.165, 1.54) is 66.3 Å². The first kappa shape index (κ1) is 54.1. The number of rotatable bonds is 10. The van der Waals surface area contributed by atoms with Crippen molar-refractivity contribution in [1.82, 2.24) is 39.7 Å². The largest absolute Gasteiger partial charge is 0.490 e. The normalized spacial score (nSPS) is 20.3. The minimum Gasteiger partial charge on any atom is -0.490 e. The summed E-state index contributed by atoms with van der Waals surface area (Å²) in [6.45, 7) is 14.1. The summed E-state index contributed by atoms with van der Waals surface area (Å²) >= 11 is 0. The van der Waals surface area contributed by atoms with E-state index >= 15 is 0 Å². The van der Waals surface area contributed by atoms with Gasteiger partial charge in [-0.2, -0.15) is 19.6 Å². The van der Waals surface area contributed by atoms with Crippen LogP contribution in [0.5, 0.6) is 17.2 Å². The summed E-state index contributed by atoms with van der Waals surface area (Å²) in [6.07, 6.45) is 12.9. The smallest absolute Gasteiger partial charge is 0.440 e. The molecule has 78 heavy (non-hydrogen) atoms. The van der Waals surface area contributed by atoms with Crippen molar-refractivity contribution in [2.75, 3.05) is 26.2 Å². The minimum absolute atomic E-state index is 0.0365. The molecule has 4 aromatic heterocycles. The average molecular weight is 1070 g/mol. The number of non-ortho nitro benzene ring substituents is 1. The predicted octanol–water partition coefficient (Wildman–Crippen LogP) is 9.76. The number of nitro groups is 1. The van der Waals surface area contributed by atoms with Crippen molar-refractivity contribution in [3.05, 3.63) is 144 Å². The maximum Gasteiger partial charge on any atom is 0.440 e. The lowest BCUT2D eigenvalue weighted by Crippen LogP contribution is -2.35. The fraction of sp³-hybridized carbons (Fsp3) is 0.393. The fourth-order valence-corrected chi connectivity index (χ4v) is 9.89. The van der Waals surface area contributed by atoms with Crippen LogP contribution in [-0.4, -0.2) is 113 Å². The molecule has 22 heteroatoms. The summed E-state index contributed by atoms with van der Waals surface area (Å²) in [5.74, 6) is 4.19. The molecular weight excluding hydrogens is 1010 g/mol. The first-order valence-electron chi connectivity index (χ1n) is 25.7. The molecule has 2 saturated heterocycles. The quantitative estimate of drug-likeness (QED) is 0.0759. The molecule has 22 nitrogen and oxygen atoms in total. The molecule has 2 unspecified atom stereocenters. The summed E-state index contributed by atoms with van der Waals surface area (Å²) < 4.78 is 40.7. The van der Waals surface area contributed by atoms with Gasteiger partial charge in [0.2, 0.25) is 11.8 Å². The Kier molecular flexibility index (Phi) is 16.2. The van der Waals surface area contributed by atoms with Gasteiger partial charge in [-0.3, -0.25) is 10.1 Å². The van der Waals surface area contributed by atoms with E-state index in [1.807, 2.05) is 48.5 Å². The van der Waals surface area contributed by atoms with Crippen molar-refractivity contribution in [3.63, 3.8) is 0 Å². The third kappa shape index (κ3) is 14.0. The lowest BCUT2D eigenvalue weighted by Gasteiger charge is -2.20. The number of likely N-dealkylation sites (tertiary alicyclic amines) is 1. The number of oxazole rings is 2. The van der Waals surface area contributed by atoms with Gasteiger partial charge in [-0.05, 0) is 165 Å². The Bertz CT molecular complexity index is 3170. The van der Waals surface area contributed by atoms with Crippen LogP contribution in [0.25, 0.3) is 22.9 Å². The number of esters is 2. The predicted molar refractivity (Wildman–Crippen MR) is 280 cm³/mol. The molecule has 7 aromatic rings. The summed E-state index contributed by atoms with van der Waals surface area (Å²) in [5, 5.41) is 22.0. The Morgan fingerprint density at radius 2 is 1.10 bits per heavy atom. The van der Waals surface area contributed by atoms with Gasteiger partial charge in [0.1, 0.15) is 41.0 Å². The van der Waals surface area contributed by atoms with Crippen molar-refractivity contribution in [2.45, 2.75) is 90.6 Å². The molecule has 2 aliphatic heterocycles. The number of carbonyl (C=O) groups is 4. The van der Waals surface area contributed by atoms with E-state index in [0.717, 1.165) is 65.1 Å². The maximum absolute atomic E-state index is 13.0. The number of nitrogens with one attached hydrogen (secondary N) is 1. The van der Waals surface area contributed by atoms with Crippen LogP contribution in [-0.2, 0) is 9.47 Å². The average Bonchev–Trinajstić information content (AvgIpc) is 4.29. The third-order valence-electron chi connectivity index (χ3n) is 13.3. The van der Waals surface area contributed by atoms with Gasteiger partial charge in [0.15, 0.2) is 11.4 Å². The highest BCUT2D eigenvalue weighted by Gasteiger charge is 2.44. The van der Waals surface area contributed by atoms with Crippen LogP contribution in [0.15, 0.2) is 131 Å². The number of ether oxygens (including phenoxy) is 5. The molecule has 0 spiro atoms. The van der Waals surface area contributed by atoms with Gasteiger partial charge in [-0.15, -0.1) is 0 Å². The molecule has 2 aliphatic carbocycles. The monoisotopic (exact) mass is 1070 g/mol. The second-order valence-corrected chi connectivity index (χ2v) is 21.5. The molecule has 0 radical (unpaired) electrons. The van der Waals surface area contributed by atoms with Crippen LogP contribution in [0.4, 0.5) is 15.3 Å². The SMILES string of the molecule is CC(C)(C)OC(=O)c1ccn(C(=O)N2C[C@H]3CC(Oc4cccc(-c5ncco5)c4)C[C@H]3C2)n1.CC(C)(C)OC(=O)c1ccn(C(=O)Oc2ccc([N+](=O)[O-])cc2)n1.c1cc(OC2C[C@H]3CNC[C@H]3C2)cc(-c2ncco2)c1. The lowest BCUT2D eigenvalue weighted by atomic mass is 10.0. The number of hydrogen-bond donors (Lipinski definition) is 1. The van der Waals surface area contributed by atoms with Crippen LogP contribution in [0.1, 0.15) is 88.2 Å². The van der Waals surface area contributed by atoms with Crippen molar-refractivity contribution in [1.29, 1.82) is 0 Å². The number of amides is 1. The van der Waals surface area contributed by atoms with Gasteiger partial charge in [-0.1, -0.05) is 12.1 Å². The molecule has 1 N–H and O–H groups in total. The molecule has 1 amide bonds. The van der Waals surface area contributed by atoms with Crippen LogP contribution in [0.3, 0.4) is 0 Å². The van der Waals surface area contributed by atoms with Crippen molar-refractivity contribution in [3.8, 4) is 40.2 Å². The van der Waals surface area contributed by atoms with E-state index < -0.39 is 34.2 Å². The van der Waals surface area contributed by atoms with Gasteiger partial charge in [0, 0.05) is 48.7 Å². The molecule has 2 saturated carbocycles. The van der Waals surface area contributed by atoms with E-state index in [2.05, 4.69) is 25.5 Å². The summed E-state index contributed by atoms with van der Waals surface area (Å²) in [7, 11) is 0. The lowest BCUT2D eigenvalue weighted by molar-refractivity contribution is -0.384. The van der Waals surface area contributed by atoms with Crippen LogP contribution in [0.2, 0.25) is 0 Å². The molecule has 6 heterocycles. The molecule has 4 fully saturated rings. The summed E-state index contributed by atoms with van der Waals surface area (Å²) in [6, 6.07) is 23.4. The van der Waals surface area contributed by atoms with E-state index in [0.29, 0.717) is 42.8 Å². The number of hydrogen-bond acceptors (Lipinski definition) is 18. The Hall–Kier alpha value is -8.66. The topological polar surface area (TPSA) is 261 Å². The van der Waals surface area contributed by atoms with E-state index in [1.54, 1.807) is 71.4 Å². The highest BCUT2D eigenvalue weighted by molar-refractivity contribution is 5.89. The first-order chi connectivity index (χ1) is 37.3.